The Balaban J connectivity index is 1.60. The first-order valence-electron chi connectivity index (χ1n) is 10.1. The van der Waals surface area contributed by atoms with Gasteiger partial charge in [-0.25, -0.2) is 0 Å². The third-order valence-electron chi connectivity index (χ3n) is 4.86. The minimum absolute atomic E-state index is 0.195. The highest BCUT2D eigenvalue weighted by Gasteiger charge is 2.39. The number of benzene rings is 2. The normalized spacial score (nSPS) is 17.8. The molecule has 34 heavy (non-hydrogen) atoms. The van der Waals surface area contributed by atoms with Gasteiger partial charge in [0.15, 0.2) is 4.32 Å². The molecule has 0 spiro atoms. The molecule has 0 saturated carbocycles. The predicted molar refractivity (Wildman–Crippen MR) is 139 cm³/mol. The second kappa shape index (κ2) is 9.96. The van der Waals surface area contributed by atoms with Gasteiger partial charge in [0.25, 0.3) is 16.0 Å². The van der Waals surface area contributed by atoms with Crippen molar-refractivity contribution >= 4 is 79.1 Å². The molecule has 3 N–H and O–H groups in total. The van der Waals surface area contributed by atoms with E-state index in [1.807, 2.05) is 29.2 Å². The summed E-state index contributed by atoms with van der Waals surface area (Å²) >= 11 is 8.13. The molecule has 0 radical (unpaired) electrons. The number of amides is 2. The first-order valence-corrected chi connectivity index (χ1v) is 13.7. The van der Waals surface area contributed by atoms with Crippen molar-refractivity contribution in [2.45, 2.75) is 18.2 Å². The summed E-state index contributed by atoms with van der Waals surface area (Å²) in [6.45, 7) is 1.70. The number of rotatable bonds is 7. The van der Waals surface area contributed by atoms with Crippen molar-refractivity contribution in [1.82, 2.24) is 5.43 Å². The van der Waals surface area contributed by atoms with E-state index in [1.165, 1.54) is 35.3 Å². The smallest absolute Gasteiger partial charge is 0.273 e. The number of anilines is 3. The highest BCUT2D eigenvalue weighted by molar-refractivity contribution is 8.27. The van der Waals surface area contributed by atoms with Crippen molar-refractivity contribution in [3.05, 3.63) is 58.5 Å². The summed E-state index contributed by atoms with van der Waals surface area (Å²) < 4.78 is 31.9. The molecule has 0 aromatic heterocycles. The second-order valence-corrected chi connectivity index (χ2v) is 11.6. The third-order valence-corrected chi connectivity index (χ3v) is 8.34. The van der Waals surface area contributed by atoms with Gasteiger partial charge >= 0.3 is 0 Å². The Kier molecular flexibility index (Phi) is 7.19. The molecule has 2 aromatic rings. The highest BCUT2D eigenvalue weighted by atomic mass is 32.2. The van der Waals surface area contributed by atoms with Crippen molar-refractivity contribution in [3.8, 4) is 0 Å². The number of nitrogens with one attached hydrogen (secondary N) is 2. The lowest BCUT2D eigenvalue weighted by atomic mass is 10.2. The van der Waals surface area contributed by atoms with Gasteiger partial charge < -0.3 is 4.90 Å². The Morgan fingerprint density at radius 3 is 2.50 bits per heavy atom. The summed E-state index contributed by atoms with van der Waals surface area (Å²) in [6.07, 6.45) is 0.195. The van der Waals surface area contributed by atoms with E-state index in [4.69, 9.17) is 16.8 Å². The number of thioether (sulfide) groups is 2. The van der Waals surface area contributed by atoms with Crippen LogP contribution < -0.4 is 20.7 Å². The maximum Gasteiger partial charge on any atom is 0.273 e. The number of hydrogen-bond donors (Lipinski definition) is 3. The van der Waals surface area contributed by atoms with Gasteiger partial charge in [0.2, 0.25) is 5.91 Å². The summed E-state index contributed by atoms with van der Waals surface area (Å²) in [4.78, 5) is 29.3. The lowest BCUT2D eigenvalue weighted by Crippen LogP contribution is -2.29. The molecular weight excluding hydrogens is 517 g/mol. The zero-order valence-corrected chi connectivity index (χ0v) is 21.1. The molecule has 178 valence electrons. The number of carbonyl (C=O) groups excluding carboxylic acids is 2. The summed E-state index contributed by atoms with van der Waals surface area (Å²) in [5, 5.41) is 0.681. The number of nitrogens with zero attached hydrogens (tertiary/aromatic N) is 2. The Bertz CT molecular complexity index is 1290. The van der Waals surface area contributed by atoms with Crippen molar-refractivity contribution in [2.24, 2.45) is 0 Å². The average molecular weight is 537 g/mol. The number of para-hydroxylation sites is 1. The lowest BCUT2D eigenvalue weighted by Gasteiger charge is -2.21. The molecule has 0 bridgehead atoms. The highest BCUT2D eigenvalue weighted by Crippen LogP contribution is 2.51. The molecule has 9 nitrogen and oxygen atoms in total. The van der Waals surface area contributed by atoms with Gasteiger partial charge in [0.1, 0.15) is 9.93 Å². The van der Waals surface area contributed by atoms with Crippen molar-refractivity contribution in [2.75, 3.05) is 27.5 Å². The maximum absolute atomic E-state index is 13.4. The lowest BCUT2D eigenvalue weighted by molar-refractivity contribution is -0.118. The van der Waals surface area contributed by atoms with Crippen LogP contribution in [0.5, 0.6) is 0 Å². The van der Waals surface area contributed by atoms with E-state index in [-0.39, 0.29) is 24.0 Å². The van der Waals surface area contributed by atoms with E-state index >= 15 is 0 Å². The Hall–Kier alpha value is -2.58. The summed E-state index contributed by atoms with van der Waals surface area (Å²) in [5.41, 5.74) is 7.35. The second-order valence-electron chi connectivity index (χ2n) is 7.36. The monoisotopic (exact) mass is 536 g/mol. The van der Waals surface area contributed by atoms with Gasteiger partial charge in [-0.05, 0) is 42.8 Å². The molecule has 2 aliphatic heterocycles. The molecule has 0 unspecified atom stereocenters. The topological polar surface area (TPSA) is 119 Å². The summed E-state index contributed by atoms with van der Waals surface area (Å²) in [5.74, 6) is -0.875. The molecule has 2 amide bonds. The van der Waals surface area contributed by atoms with Crippen LogP contribution in [0.4, 0.5) is 17.1 Å². The number of hydrogen-bond acceptors (Lipinski definition) is 9. The van der Waals surface area contributed by atoms with Crippen LogP contribution in [-0.2, 0) is 19.7 Å². The largest absolute Gasteiger partial charge is 0.334 e. The Morgan fingerprint density at radius 2 is 1.82 bits per heavy atom. The standard InChI is InChI=1S/C21H20N4O5S4/c1-13(26)22-23-14-7-9-15(10-8-14)25-19(27)18(33-21(25)31)20-24(11-4-12-34(28,29)30)16-5-2-3-6-17(16)32-20/h2-3,5-10,23H,4,11-12H2,1H3,(H,22,26)(H,28,29,30). The zero-order chi connectivity index (χ0) is 24.5. The fourth-order valence-electron chi connectivity index (χ4n) is 3.40. The van der Waals surface area contributed by atoms with E-state index in [1.54, 1.807) is 24.3 Å². The van der Waals surface area contributed by atoms with Gasteiger partial charge in [-0.3, -0.25) is 29.9 Å². The minimum Gasteiger partial charge on any atom is -0.334 e. The molecule has 1 saturated heterocycles. The van der Waals surface area contributed by atoms with E-state index < -0.39 is 10.1 Å². The SMILES string of the molecule is CC(=O)NNc1ccc(N2C(=O)C(=C3Sc4ccccc4N3CCCS(=O)(=O)O)SC2=S)cc1. The third kappa shape index (κ3) is 5.39. The van der Waals surface area contributed by atoms with Gasteiger partial charge in [0, 0.05) is 18.4 Å². The van der Waals surface area contributed by atoms with Crippen LogP contribution in [0, 0.1) is 0 Å². The minimum atomic E-state index is -4.09. The van der Waals surface area contributed by atoms with Crippen molar-refractivity contribution in [3.63, 3.8) is 0 Å². The molecule has 1 fully saturated rings. The van der Waals surface area contributed by atoms with Gasteiger partial charge in [0.05, 0.1) is 22.8 Å². The van der Waals surface area contributed by atoms with Gasteiger partial charge in [-0.15, -0.1) is 0 Å². The maximum atomic E-state index is 13.4. The first kappa shape index (κ1) is 24.5. The fraction of sp³-hybridized carbons (Fsp3) is 0.190. The molecule has 0 atom stereocenters. The Labute approximate surface area is 210 Å². The fourth-order valence-corrected chi connectivity index (χ4v) is 6.53. The van der Waals surface area contributed by atoms with Gasteiger partial charge in [-0.1, -0.05) is 47.9 Å². The molecular formula is C21H20N4O5S4. The zero-order valence-electron chi connectivity index (χ0n) is 17.8. The van der Waals surface area contributed by atoms with Gasteiger partial charge in [-0.2, -0.15) is 8.42 Å². The Morgan fingerprint density at radius 1 is 1.12 bits per heavy atom. The quantitative estimate of drug-likeness (QED) is 0.210. The van der Waals surface area contributed by atoms with Crippen LogP contribution in [0.25, 0.3) is 0 Å². The molecule has 2 heterocycles. The van der Waals surface area contributed by atoms with Crippen LogP contribution in [0.2, 0.25) is 0 Å². The van der Waals surface area contributed by atoms with Crippen molar-refractivity contribution < 1.29 is 22.6 Å². The molecule has 0 aliphatic carbocycles. The number of carbonyl (C=O) groups is 2. The number of fused-ring (bicyclic) bond motifs is 1. The average Bonchev–Trinajstić information content (AvgIpc) is 3.28. The summed E-state index contributed by atoms with van der Waals surface area (Å²) in [7, 11) is -4.09. The van der Waals surface area contributed by atoms with E-state index in [0.717, 1.165) is 10.6 Å². The predicted octanol–water partition coefficient (Wildman–Crippen LogP) is 3.57. The first-order chi connectivity index (χ1) is 16.1. The number of thiocarbonyl (C=S) groups is 1. The summed E-state index contributed by atoms with van der Waals surface area (Å²) in [6, 6.07) is 14.5. The van der Waals surface area contributed by atoms with Crippen LogP contribution in [0.1, 0.15) is 13.3 Å². The van der Waals surface area contributed by atoms with Crippen LogP contribution in [-0.4, -0.2) is 41.4 Å². The van der Waals surface area contributed by atoms with Crippen molar-refractivity contribution in [1.29, 1.82) is 0 Å². The number of hydrazine groups is 1. The van der Waals surface area contributed by atoms with E-state index in [9.17, 15) is 18.0 Å². The van der Waals surface area contributed by atoms with E-state index in [2.05, 4.69) is 10.9 Å². The van der Waals surface area contributed by atoms with E-state index in [0.29, 0.717) is 32.2 Å². The molecule has 13 heteroatoms. The van der Waals surface area contributed by atoms with Crippen LogP contribution in [0.15, 0.2) is 63.4 Å². The van der Waals surface area contributed by atoms with Crippen LogP contribution >= 0.6 is 35.7 Å². The molecule has 4 rings (SSSR count). The molecule has 2 aromatic carbocycles. The molecule has 2 aliphatic rings. The van der Waals surface area contributed by atoms with Crippen LogP contribution in [0.3, 0.4) is 0 Å².